The van der Waals surface area contributed by atoms with Crippen molar-refractivity contribution in [2.24, 2.45) is 5.92 Å². The van der Waals surface area contributed by atoms with Gasteiger partial charge in [-0.05, 0) is 65.6 Å². The van der Waals surface area contributed by atoms with E-state index in [0.29, 0.717) is 0 Å². The van der Waals surface area contributed by atoms with Crippen LogP contribution in [0.2, 0.25) is 0 Å². The topological polar surface area (TPSA) is 41.6 Å². The zero-order chi connectivity index (χ0) is 14.3. The van der Waals surface area contributed by atoms with Crippen molar-refractivity contribution in [1.82, 2.24) is 10.2 Å². The van der Waals surface area contributed by atoms with Crippen molar-refractivity contribution in [2.45, 2.75) is 52.6 Å². The molecule has 0 saturated carbocycles. The van der Waals surface area contributed by atoms with Crippen molar-refractivity contribution in [1.29, 1.82) is 0 Å². The van der Waals surface area contributed by atoms with Crippen LogP contribution in [0.1, 0.15) is 47.0 Å². The molecule has 0 aromatic rings. The Morgan fingerprint density at radius 2 is 1.95 bits per heavy atom. The van der Waals surface area contributed by atoms with Crippen LogP contribution in [-0.2, 0) is 9.53 Å². The lowest BCUT2D eigenvalue weighted by Gasteiger charge is -2.30. The third-order valence-electron chi connectivity index (χ3n) is 3.49. The van der Waals surface area contributed by atoms with Gasteiger partial charge in [-0.2, -0.15) is 0 Å². The Kier molecular flexibility index (Phi) is 6.80. The Bertz CT molecular complexity index is 266. The first-order valence-electron chi connectivity index (χ1n) is 7.50. The molecule has 0 atom stereocenters. The van der Waals surface area contributed by atoms with E-state index in [2.05, 4.69) is 17.1 Å². The van der Waals surface area contributed by atoms with Crippen molar-refractivity contribution < 1.29 is 9.53 Å². The van der Waals surface area contributed by atoms with Crippen LogP contribution in [0, 0.1) is 5.92 Å². The maximum absolute atomic E-state index is 11.5. The van der Waals surface area contributed by atoms with Gasteiger partial charge in [0.15, 0.2) is 0 Å². The summed E-state index contributed by atoms with van der Waals surface area (Å²) in [5.41, 5.74) is -0.248. The molecule has 1 aliphatic rings. The molecular weight excluding hydrogens is 240 g/mol. The van der Waals surface area contributed by atoms with Crippen molar-refractivity contribution in [3.63, 3.8) is 0 Å². The highest BCUT2D eigenvalue weighted by Crippen LogP contribution is 2.15. The van der Waals surface area contributed by atoms with Crippen LogP contribution in [0.15, 0.2) is 0 Å². The molecule has 0 unspecified atom stereocenters. The molecule has 0 bridgehead atoms. The van der Waals surface area contributed by atoms with Crippen molar-refractivity contribution in [3.05, 3.63) is 0 Å². The minimum absolute atomic E-state index is 0.0119. The van der Waals surface area contributed by atoms with Gasteiger partial charge in [-0.3, -0.25) is 4.79 Å². The molecule has 1 aliphatic heterocycles. The lowest BCUT2D eigenvalue weighted by molar-refractivity contribution is -0.130. The number of carbonyl (C=O) groups is 1. The molecule has 4 heteroatoms. The molecule has 1 saturated heterocycles. The van der Waals surface area contributed by atoms with E-state index in [0.717, 1.165) is 25.4 Å². The van der Waals surface area contributed by atoms with Gasteiger partial charge >= 0.3 is 0 Å². The van der Waals surface area contributed by atoms with Crippen molar-refractivity contribution in [3.8, 4) is 0 Å². The highest BCUT2D eigenvalue weighted by molar-refractivity contribution is 5.77. The average molecular weight is 270 g/mol. The fraction of sp³-hybridized carbons (Fsp3) is 0.933. The highest BCUT2D eigenvalue weighted by atomic mass is 16.5. The summed E-state index contributed by atoms with van der Waals surface area (Å²) in [6.07, 6.45) is 3.65. The largest absolute Gasteiger partial charge is 0.366 e. The van der Waals surface area contributed by atoms with Crippen LogP contribution in [0.25, 0.3) is 0 Å². The van der Waals surface area contributed by atoms with E-state index >= 15 is 0 Å². The molecule has 0 spiro atoms. The summed E-state index contributed by atoms with van der Waals surface area (Å²) in [6.45, 7) is 12.6. The summed E-state index contributed by atoms with van der Waals surface area (Å²) in [6, 6.07) is 0. The van der Waals surface area contributed by atoms with Crippen LogP contribution in [-0.4, -0.2) is 49.2 Å². The van der Waals surface area contributed by atoms with Gasteiger partial charge in [0.05, 0.1) is 5.60 Å². The van der Waals surface area contributed by atoms with Gasteiger partial charge in [-0.25, -0.2) is 0 Å². The predicted molar refractivity (Wildman–Crippen MR) is 78.2 cm³/mol. The average Bonchev–Trinajstić information content (AvgIpc) is 2.33. The van der Waals surface area contributed by atoms with E-state index in [4.69, 9.17) is 4.74 Å². The zero-order valence-corrected chi connectivity index (χ0v) is 13.0. The summed E-state index contributed by atoms with van der Waals surface area (Å²) in [7, 11) is 0. The maximum atomic E-state index is 11.5. The molecule has 0 aromatic heterocycles. The van der Waals surface area contributed by atoms with E-state index in [9.17, 15) is 4.79 Å². The van der Waals surface area contributed by atoms with Gasteiger partial charge in [0.2, 0.25) is 5.91 Å². The molecular formula is C15H30N2O2. The van der Waals surface area contributed by atoms with Crippen LogP contribution in [0.3, 0.4) is 0 Å². The van der Waals surface area contributed by atoms with Crippen LogP contribution >= 0.6 is 0 Å². The second-order valence-corrected chi connectivity index (χ2v) is 6.63. The second kappa shape index (κ2) is 7.85. The molecule has 0 aromatic carbocycles. The summed E-state index contributed by atoms with van der Waals surface area (Å²) in [5.74, 6) is 0.868. The Balaban J connectivity index is 2.00. The van der Waals surface area contributed by atoms with Crippen LogP contribution in [0.5, 0.6) is 0 Å². The summed E-state index contributed by atoms with van der Waals surface area (Å²) >= 11 is 0. The van der Waals surface area contributed by atoms with E-state index in [1.54, 1.807) is 0 Å². The highest BCUT2D eigenvalue weighted by Gasteiger charge is 2.15. The number of amides is 1. The fourth-order valence-electron chi connectivity index (χ4n) is 2.15. The molecule has 112 valence electrons. The molecule has 0 aliphatic carbocycles. The normalized spacial score (nSPS) is 18.5. The smallest absolute Gasteiger partial charge is 0.246 e. The molecule has 1 rings (SSSR count). The van der Waals surface area contributed by atoms with Gasteiger partial charge in [0, 0.05) is 6.54 Å². The fourth-order valence-corrected chi connectivity index (χ4v) is 2.15. The number of hydrogen-bond donors (Lipinski definition) is 1. The van der Waals surface area contributed by atoms with Gasteiger partial charge < -0.3 is 15.0 Å². The van der Waals surface area contributed by atoms with Crippen LogP contribution < -0.4 is 5.32 Å². The second-order valence-electron chi connectivity index (χ2n) is 6.63. The monoisotopic (exact) mass is 270 g/mol. The van der Waals surface area contributed by atoms with Crippen molar-refractivity contribution in [2.75, 3.05) is 32.8 Å². The summed E-state index contributed by atoms with van der Waals surface area (Å²) in [5, 5.41) is 2.91. The Morgan fingerprint density at radius 1 is 1.32 bits per heavy atom. The quantitative estimate of drug-likeness (QED) is 0.751. The lowest BCUT2D eigenvalue weighted by Crippen LogP contribution is -2.36. The first kappa shape index (κ1) is 16.4. The van der Waals surface area contributed by atoms with Gasteiger partial charge in [-0.1, -0.05) is 6.92 Å². The maximum Gasteiger partial charge on any atom is 0.246 e. The molecule has 0 radical (unpaired) electrons. The van der Waals surface area contributed by atoms with E-state index < -0.39 is 0 Å². The zero-order valence-electron chi connectivity index (χ0n) is 13.0. The molecule has 1 fully saturated rings. The minimum atomic E-state index is -0.248. The third kappa shape index (κ3) is 8.22. The summed E-state index contributed by atoms with van der Waals surface area (Å²) in [4.78, 5) is 14.0. The van der Waals surface area contributed by atoms with E-state index in [-0.39, 0.29) is 18.1 Å². The Labute approximate surface area is 117 Å². The molecule has 4 nitrogen and oxygen atoms in total. The number of ether oxygens (including phenoxy) is 1. The SMILES string of the molecule is CC1CCN(CCCNC(=O)COC(C)(C)C)CC1. The van der Waals surface area contributed by atoms with E-state index in [1.165, 1.54) is 25.9 Å². The van der Waals surface area contributed by atoms with Gasteiger partial charge in [-0.15, -0.1) is 0 Å². The molecule has 1 N–H and O–H groups in total. The summed E-state index contributed by atoms with van der Waals surface area (Å²) < 4.78 is 5.43. The van der Waals surface area contributed by atoms with Crippen LogP contribution in [0.4, 0.5) is 0 Å². The number of hydrogen-bond acceptors (Lipinski definition) is 3. The third-order valence-corrected chi connectivity index (χ3v) is 3.49. The van der Waals surface area contributed by atoms with E-state index in [1.807, 2.05) is 20.8 Å². The predicted octanol–water partition coefficient (Wildman–Crippen LogP) is 2.04. The Morgan fingerprint density at radius 3 is 2.53 bits per heavy atom. The van der Waals surface area contributed by atoms with Gasteiger partial charge in [0.25, 0.3) is 0 Å². The standard InChI is InChI=1S/C15H30N2O2/c1-13-6-10-17(11-7-13)9-5-8-16-14(18)12-19-15(2,3)4/h13H,5-12H2,1-4H3,(H,16,18). The number of nitrogens with zero attached hydrogens (tertiary/aromatic N) is 1. The number of nitrogens with one attached hydrogen (secondary N) is 1. The number of rotatable bonds is 6. The van der Waals surface area contributed by atoms with Gasteiger partial charge in [0.1, 0.15) is 6.61 Å². The van der Waals surface area contributed by atoms with Crippen molar-refractivity contribution >= 4 is 5.91 Å². The minimum Gasteiger partial charge on any atom is -0.366 e. The first-order valence-corrected chi connectivity index (χ1v) is 7.50. The number of piperidine rings is 1. The first-order chi connectivity index (χ1) is 8.87. The molecule has 1 amide bonds. The number of carbonyl (C=O) groups excluding carboxylic acids is 1. The Hall–Kier alpha value is -0.610. The lowest BCUT2D eigenvalue weighted by atomic mass is 9.99. The number of likely N-dealkylation sites (tertiary alicyclic amines) is 1. The molecule has 19 heavy (non-hydrogen) atoms. The molecule has 1 heterocycles.